The van der Waals surface area contributed by atoms with Crippen LogP contribution >= 0.6 is 7.82 Å². The van der Waals surface area contributed by atoms with Gasteiger partial charge in [-0.2, -0.15) is 0 Å². The van der Waals surface area contributed by atoms with Crippen LogP contribution in [0, 0.1) is 0 Å². The number of aliphatic hydroxyl groups excluding tert-OH is 1. The molecule has 2 N–H and O–H groups in total. The Morgan fingerprint density at radius 2 is 0.821 bits per heavy atom. The van der Waals surface area contributed by atoms with E-state index in [0.29, 0.717) is 17.4 Å². The lowest BCUT2D eigenvalue weighted by molar-refractivity contribution is -0.870. The Morgan fingerprint density at radius 1 is 0.507 bits per heavy atom. The van der Waals surface area contributed by atoms with Crippen molar-refractivity contribution in [3.8, 4) is 0 Å². The summed E-state index contributed by atoms with van der Waals surface area (Å²) in [7, 11) is 1.27. The van der Waals surface area contributed by atoms with Gasteiger partial charge in [0.05, 0.1) is 39.9 Å². The van der Waals surface area contributed by atoms with E-state index < -0.39 is 20.0 Å². The molecule has 0 heterocycles. The summed E-state index contributed by atoms with van der Waals surface area (Å²) in [6.45, 7) is 4.67. The number of quaternary nitrogens is 1. The molecular formula is C58H115N2O6P. The van der Waals surface area contributed by atoms with Crippen molar-refractivity contribution in [2.75, 3.05) is 40.9 Å². The summed E-state index contributed by atoms with van der Waals surface area (Å²) in [5.74, 6) is -0.193. The number of phosphoric ester groups is 1. The number of nitrogens with one attached hydrogen (secondary N) is 1. The molecule has 0 aromatic rings. The highest BCUT2D eigenvalue weighted by molar-refractivity contribution is 7.45. The first-order chi connectivity index (χ1) is 32.5. The third kappa shape index (κ3) is 52.6. The highest BCUT2D eigenvalue weighted by Gasteiger charge is 2.23. The lowest BCUT2D eigenvalue weighted by Gasteiger charge is -2.29. The molecule has 0 fully saturated rings. The molecule has 67 heavy (non-hydrogen) atoms. The lowest BCUT2D eigenvalue weighted by Crippen LogP contribution is -2.45. The minimum atomic E-state index is -4.59. The van der Waals surface area contributed by atoms with Crippen molar-refractivity contribution in [2.24, 2.45) is 0 Å². The number of hydrogen-bond donors (Lipinski definition) is 2. The van der Waals surface area contributed by atoms with E-state index >= 15 is 0 Å². The number of carbonyl (C=O) groups excluding carboxylic acids is 1. The molecule has 0 aromatic heterocycles. The first kappa shape index (κ1) is 66.0. The van der Waals surface area contributed by atoms with E-state index in [2.05, 4.69) is 31.3 Å². The van der Waals surface area contributed by atoms with Crippen molar-refractivity contribution in [3.63, 3.8) is 0 Å². The van der Waals surface area contributed by atoms with Gasteiger partial charge in [0.1, 0.15) is 13.2 Å². The first-order valence-electron chi connectivity index (χ1n) is 29.2. The molecule has 0 aliphatic heterocycles. The molecule has 3 unspecified atom stereocenters. The molecule has 3 atom stereocenters. The fourth-order valence-electron chi connectivity index (χ4n) is 8.80. The van der Waals surface area contributed by atoms with Crippen LogP contribution in [0.3, 0.4) is 0 Å². The molecule has 0 saturated heterocycles. The fourth-order valence-corrected chi connectivity index (χ4v) is 9.52. The number of allylic oxidation sites excluding steroid dienone is 3. The van der Waals surface area contributed by atoms with Crippen LogP contribution in [0.25, 0.3) is 0 Å². The summed E-state index contributed by atoms with van der Waals surface area (Å²) in [5.41, 5.74) is 0. The predicted molar refractivity (Wildman–Crippen MR) is 289 cm³/mol. The summed E-state index contributed by atoms with van der Waals surface area (Å²) < 4.78 is 23.3. The second kappa shape index (κ2) is 49.9. The van der Waals surface area contributed by atoms with Gasteiger partial charge in [-0.3, -0.25) is 9.36 Å². The Kier molecular flexibility index (Phi) is 49.2. The second-order valence-electron chi connectivity index (χ2n) is 21.4. The van der Waals surface area contributed by atoms with Crippen LogP contribution in [0.4, 0.5) is 0 Å². The van der Waals surface area contributed by atoms with Gasteiger partial charge in [-0.15, -0.1) is 0 Å². The van der Waals surface area contributed by atoms with Crippen LogP contribution in [0.5, 0.6) is 0 Å². The smallest absolute Gasteiger partial charge is 0.268 e. The average molecular weight is 968 g/mol. The van der Waals surface area contributed by atoms with E-state index in [9.17, 15) is 19.4 Å². The maximum Gasteiger partial charge on any atom is 0.268 e. The minimum Gasteiger partial charge on any atom is -0.756 e. The molecule has 0 bridgehead atoms. The van der Waals surface area contributed by atoms with E-state index in [1.54, 1.807) is 6.08 Å². The Bertz CT molecular complexity index is 1140. The number of unbranched alkanes of at least 4 members (excludes halogenated alkanes) is 39. The number of likely N-dealkylation sites (N-methyl/N-ethyl adjacent to an activating group) is 1. The molecule has 0 aromatic carbocycles. The normalized spacial score (nSPS) is 14.1. The maximum absolute atomic E-state index is 12.9. The Hall–Kier alpha value is -1.02. The zero-order valence-electron chi connectivity index (χ0n) is 45.4. The van der Waals surface area contributed by atoms with E-state index in [1.165, 1.54) is 231 Å². The standard InChI is InChI=1S/C58H115N2O6P/c1-6-8-10-12-14-16-18-20-21-22-23-24-25-26-27-28-29-30-31-32-33-34-35-36-37-38-40-42-44-46-48-50-52-58(62)59-56(55-66-67(63,64)65-54-53-60(3,4)5)57(61)51-49-47-45-43-41-39-19-17-15-13-11-9-7-2/h26-27,49,51,56-57,61H,6-25,28-48,50,52-55H2,1-5H3,(H-,59,62,63,64)/b27-26-,51-49+. The predicted octanol–water partition coefficient (Wildman–Crippen LogP) is 17.0. The Balaban J connectivity index is 4.00. The van der Waals surface area contributed by atoms with Gasteiger partial charge in [0.2, 0.25) is 5.91 Å². The van der Waals surface area contributed by atoms with Gasteiger partial charge in [-0.05, 0) is 44.9 Å². The molecule has 9 heteroatoms. The zero-order chi connectivity index (χ0) is 49.2. The summed E-state index contributed by atoms with van der Waals surface area (Å²) in [5, 5.41) is 13.8. The summed E-state index contributed by atoms with van der Waals surface area (Å²) in [6.07, 6.45) is 62.7. The highest BCUT2D eigenvalue weighted by atomic mass is 31.2. The number of phosphoric acid groups is 1. The third-order valence-corrected chi connectivity index (χ3v) is 14.4. The van der Waals surface area contributed by atoms with Gasteiger partial charge in [-0.25, -0.2) is 0 Å². The van der Waals surface area contributed by atoms with E-state index in [4.69, 9.17) is 9.05 Å². The zero-order valence-corrected chi connectivity index (χ0v) is 46.3. The van der Waals surface area contributed by atoms with Gasteiger partial charge in [0.15, 0.2) is 0 Å². The molecule has 0 rings (SSSR count). The Morgan fingerprint density at radius 3 is 1.16 bits per heavy atom. The molecular weight excluding hydrogens is 852 g/mol. The van der Waals surface area contributed by atoms with E-state index in [0.717, 1.165) is 38.5 Å². The SMILES string of the molecule is CCCCCCCCCCCCC/C=C/C(O)C(COP(=O)([O-])OCC[N+](C)(C)C)NC(=O)CCCCCCCCCCCCCCCCCC/C=C\CCCCCCCCCCCCCC. The van der Waals surface area contributed by atoms with Gasteiger partial charge < -0.3 is 28.8 Å². The van der Waals surface area contributed by atoms with Gasteiger partial charge >= 0.3 is 0 Å². The molecule has 0 aliphatic carbocycles. The van der Waals surface area contributed by atoms with Crippen LogP contribution in [-0.2, 0) is 18.4 Å². The van der Waals surface area contributed by atoms with Crippen LogP contribution < -0.4 is 10.2 Å². The number of nitrogens with zero attached hydrogens (tertiary/aromatic N) is 1. The van der Waals surface area contributed by atoms with E-state index in [-0.39, 0.29) is 19.1 Å². The fraction of sp³-hybridized carbons (Fsp3) is 0.914. The van der Waals surface area contributed by atoms with Gasteiger partial charge in [0, 0.05) is 6.42 Å². The molecule has 0 radical (unpaired) electrons. The molecule has 0 saturated carbocycles. The topological polar surface area (TPSA) is 108 Å². The number of aliphatic hydroxyl groups is 1. The number of hydrogen-bond acceptors (Lipinski definition) is 6. The molecule has 0 aliphatic rings. The van der Waals surface area contributed by atoms with Crippen molar-refractivity contribution < 1.29 is 32.9 Å². The summed E-state index contributed by atoms with van der Waals surface area (Å²) >= 11 is 0. The quantitative estimate of drug-likeness (QED) is 0.0272. The minimum absolute atomic E-state index is 0.00109. The third-order valence-electron chi connectivity index (χ3n) is 13.4. The Labute approximate surface area is 417 Å². The molecule has 1 amide bonds. The van der Waals surface area contributed by atoms with Gasteiger partial charge in [0.25, 0.3) is 7.82 Å². The molecule has 398 valence electrons. The van der Waals surface area contributed by atoms with Crippen molar-refractivity contribution in [1.29, 1.82) is 0 Å². The van der Waals surface area contributed by atoms with Crippen LogP contribution in [0.15, 0.2) is 24.3 Å². The summed E-state index contributed by atoms with van der Waals surface area (Å²) in [4.78, 5) is 25.4. The second-order valence-corrected chi connectivity index (χ2v) is 22.8. The summed E-state index contributed by atoms with van der Waals surface area (Å²) in [6, 6.07) is -0.883. The lowest BCUT2D eigenvalue weighted by atomic mass is 10.0. The van der Waals surface area contributed by atoms with E-state index in [1.807, 2.05) is 27.2 Å². The van der Waals surface area contributed by atoms with Crippen molar-refractivity contribution in [3.05, 3.63) is 24.3 Å². The van der Waals surface area contributed by atoms with Crippen molar-refractivity contribution in [2.45, 2.75) is 302 Å². The largest absolute Gasteiger partial charge is 0.756 e. The van der Waals surface area contributed by atoms with Gasteiger partial charge in [-0.1, -0.05) is 263 Å². The monoisotopic (exact) mass is 967 g/mol. The number of amides is 1. The van der Waals surface area contributed by atoms with Crippen molar-refractivity contribution >= 4 is 13.7 Å². The van der Waals surface area contributed by atoms with Crippen LogP contribution in [0.1, 0.15) is 290 Å². The van der Waals surface area contributed by atoms with Crippen LogP contribution in [-0.4, -0.2) is 68.5 Å². The number of carbonyl (C=O) groups is 1. The van der Waals surface area contributed by atoms with Crippen molar-refractivity contribution in [1.82, 2.24) is 5.32 Å². The highest BCUT2D eigenvalue weighted by Crippen LogP contribution is 2.38. The number of rotatable bonds is 54. The molecule has 8 nitrogen and oxygen atoms in total. The average Bonchev–Trinajstić information content (AvgIpc) is 3.29. The first-order valence-corrected chi connectivity index (χ1v) is 30.7. The molecule has 0 spiro atoms. The van der Waals surface area contributed by atoms with Crippen LogP contribution in [0.2, 0.25) is 0 Å². The maximum atomic E-state index is 12.9.